The van der Waals surface area contributed by atoms with Crippen LogP contribution >= 0.6 is 0 Å². The molecule has 0 unspecified atom stereocenters. The number of anilines is 1. The fourth-order valence-corrected chi connectivity index (χ4v) is 2.10. The third kappa shape index (κ3) is 2.72. The van der Waals surface area contributed by atoms with Gasteiger partial charge >= 0.3 is 0 Å². The summed E-state index contributed by atoms with van der Waals surface area (Å²) in [6.45, 7) is 8.99. The first-order valence-electron chi connectivity index (χ1n) is 6.26. The van der Waals surface area contributed by atoms with Crippen LogP contribution < -0.4 is 9.80 Å². The molecule has 1 aromatic carbocycles. The van der Waals surface area contributed by atoms with E-state index in [-0.39, 0.29) is 0 Å². The maximum Gasteiger partial charge on any atom is 0.213 e. The highest BCUT2D eigenvalue weighted by molar-refractivity contribution is 5.59. The topological polar surface area (TPSA) is 21.7 Å². The van der Waals surface area contributed by atoms with Crippen molar-refractivity contribution in [1.82, 2.24) is 0 Å². The molecule has 0 bridgehead atoms. The molecule has 0 saturated carbocycles. The average molecular weight is 235 g/mol. The smallest absolute Gasteiger partial charge is 0.213 e. The van der Waals surface area contributed by atoms with Gasteiger partial charge in [-0.15, -0.1) is 0 Å². The predicted octanol–water partition coefficient (Wildman–Crippen LogP) is 3.38. The van der Waals surface area contributed by atoms with Crippen LogP contribution in [0.25, 0.3) is 0 Å². The van der Waals surface area contributed by atoms with Crippen LogP contribution in [-0.4, -0.2) is 12.8 Å². The second kappa shape index (κ2) is 4.96. The van der Waals surface area contributed by atoms with Gasteiger partial charge in [0.15, 0.2) is 0 Å². The molecule has 0 saturated heterocycles. The number of rotatable bonds is 3. The Balaban J connectivity index is 2.30. The lowest BCUT2D eigenvalue weighted by Crippen LogP contribution is -2.35. The molecule has 17 heavy (non-hydrogen) atoms. The lowest BCUT2D eigenvalue weighted by atomic mass is 10.0. The van der Waals surface area contributed by atoms with Gasteiger partial charge in [-0.3, -0.25) is 0 Å². The molecule has 0 aromatic heterocycles. The van der Waals surface area contributed by atoms with Crippen molar-refractivity contribution in [3.63, 3.8) is 0 Å². The van der Waals surface area contributed by atoms with E-state index in [9.17, 15) is 0 Å². The van der Waals surface area contributed by atoms with Crippen molar-refractivity contribution >= 4 is 5.69 Å². The summed E-state index contributed by atoms with van der Waals surface area (Å²) in [5.41, 5.74) is 2.38. The van der Waals surface area contributed by atoms with Gasteiger partial charge in [-0.25, -0.2) is 9.90 Å². The van der Waals surface area contributed by atoms with Gasteiger partial charge < -0.3 is 4.74 Å². The molecule has 0 atom stereocenters. The van der Waals surface area contributed by atoms with Crippen molar-refractivity contribution in [1.29, 1.82) is 0 Å². The number of nitrogens with zero attached hydrogens (tertiary/aromatic N) is 1. The predicted molar refractivity (Wildman–Crippen MR) is 69.2 cm³/mol. The van der Waals surface area contributed by atoms with Crippen molar-refractivity contribution in [3.05, 3.63) is 23.8 Å². The first-order chi connectivity index (χ1) is 8.08. The van der Waals surface area contributed by atoms with Gasteiger partial charge in [0.1, 0.15) is 11.4 Å². The minimum Gasteiger partial charge on any atom is -0.463 e. The molecule has 1 aliphatic heterocycles. The lowest BCUT2D eigenvalue weighted by molar-refractivity contribution is -0.0265. The summed E-state index contributed by atoms with van der Waals surface area (Å²) in [6, 6.07) is 6.68. The van der Waals surface area contributed by atoms with Crippen LogP contribution in [0.2, 0.25) is 0 Å². The SMILES string of the molecule is CC(C)Cc1ccc2c(c1)N(C(C)C)OCO2. The molecule has 2 rings (SSSR count). The monoisotopic (exact) mass is 235 g/mol. The molecule has 0 fully saturated rings. The third-order valence-electron chi connectivity index (χ3n) is 2.78. The zero-order valence-corrected chi connectivity index (χ0v) is 11.1. The lowest BCUT2D eigenvalue weighted by Gasteiger charge is -2.33. The molecule has 0 radical (unpaired) electrons. The van der Waals surface area contributed by atoms with E-state index in [2.05, 4.69) is 39.8 Å². The summed E-state index contributed by atoms with van der Waals surface area (Å²) in [6.07, 6.45) is 1.08. The molecule has 0 aliphatic carbocycles. The third-order valence-corrected chi connectivity index (χ3v) is 2.78. The van der Waals surface area contributed by atoms with E-state index in [1.807, 2.05) is 11.1 Å². The van der Waals surface area contributed by atoms with Crippen LogP contribution in [0, 0.1) is 5.92 Å². The maximum absolute atomic E-state index is 5.54. The number of fused-ring (bicyclic) bond motifs is 1. The molecule has 3 heteroatoms. The summed E-state index contributed by atoms with van der Waals surface area (Å²) >= 11 is 0. The van der Waals surface area contributed by atoms with E-state index >= 15 is 0 Å². The second-order valence-corrected chi connectivity index (χ2v) is 5.21. The fourth-order valence-electron chi connectivity index (χ4n) is 2.10. The van der Waals surface area contributed by atoms with E-state index in [4.69, 9.17) is 9.57 Å². The van der Waals surface area contributed by atoms with Crippen molar-refractivity contribution in [2.24, 2.45) is 5.92 Å². The fraction of sp³-hybridized carbons (Fsp3) is 0.571. The molecule has 1 heterocycles. The molecule has 0 amide bonds. The Morgan fingerprint density at radius 2 is 2.00 bits per heavy atom. The number of hydrogen-bond acceptors (Lipinski definition) is 3. The Morgan fingerprint density at radius 3 is 2.65 bits per heavy atom. The number of benzene rings is 1. The first-order valence-corrected chi connectivity index (χ1v) is 6.26. The zero-order chi connectivity index (χ0) is 12.4. The highest BCUT2D eigenvalue weighted by Gasteiger charge is 2.21. The molecular formula is C14H21NO2. The zero-order valence-electron chi connectivity index (χ0n) is 11.1. The molecule has 1 aliphatic rings. The Morgan fingerprint density at radius 1 is 1.24 bits per heavy atom. The van der Waals surface area contributed by atoms with Crippen molar-refractivity contribution in [2.45, 2.75) is 40.2 Å². The Labute approximate surface area is 103 Å². The molecular weight excluding hydrogens is 214 g/mol. The highest BCUT2D eigenvalue weighted by Crippen LogP contribution is 2.34. The molecule has 1 aromatic rings. The standard InChI is InChI=1S/C14H21NO2/c1-10(2)7-12-5-6-14-13(8-12)15(11(3)4)17-9-16-14/h5-6,8,10-11H,7,9H2,1-4H3. The van der Waals surface area contributed by atoms with E-state index in [0.29, 0.717) is 18.8 Å². The van der Waals surface area contributed by atoms with E-state index < -0.39 is 0 Å². The van der Waals surface area contributed by atoms with Crippen LogP contribution in [0.15, 0.2) is 18.2 Å². The number of ether oxygens (including phenoxy) is 1. The summed E-state index contributed by atoms with van der Waals surface area (Å²) in [4.78, 5) is 5.54. The van der Waals surface area contributed by atoms with Gasteiger partial charge in [-0.1, -0.05) is 19.9 Å². The van der Waals surface area contributed by atoms with Crippen LogP contribution in [-0.2, 0) is 11.3 Å². The van der Waals surface area contributed by atoms with Gasteiger partial charge in [0, 0.05) is 0 Å². The summed E-state index contributed by atoms with van der Waals surface area (Å²) in [7, 11) is 0. The second-order valence-electron chi connectivity index (χ2n) is 5.21. The average Bonchev–Trinajstić information content (AvgIpc) is 2.27. The van der Waals surface area contributed by atoms with Gasteiger partial charge in [0.05, 0.1) is 6.04 Å². The number of hydroxylamine groups is 1. The molecule has 94 valence electrons. The quantitative estimate of drug-likeness (QED) is 0.801. The van der Waals surface area contributed by atoms with Crippen LogP contribution in [0.1, 0.15) is 33.3 Å². The van der Waals surface area contributed by atoms with Gasteiger partial charge in [-0.05, 0) is 43.9 Å². The van der Waals surface area contributed by atoms with Gasteiger partial charge in [-0.2, -0.15) is 0 Å². The summed E-state index contributed by atoms with van der Waals surface area (Å²) < 4.78 is 5.50. The Kier molecular flexibility index (Phi) is 3.57. The van der Waals surface area contributed by atoms with Gasteiger partial charge in [0.2, 0.25) is 6.79 Å². The minimum atomic E-state index is 0.300. The minimum absolute atomic E-state index is 0.300. The summed E-state index contributed by atoms with van der Waals surface area (Å²) in [5, 5.41) is 1.93. The molecule has 0 N–H and O–H groups in total. The van der Waals surface area contributed by atoms with Crippen LogP contribution in [0.4, 0.5) is 5.69 Å². The van der Waals surface area contributed by atoms with Crippen molar-refractivity contribution in [2.75, 3.05) is 11.9 Å². The highest BCUT2D eigenvalue weighted by atomic mass is 16.8. The van der Waals surface area contributed by atoms with E-state index in [0.717, 1.165) is 17.9 Å². The normalized spacial score (nSPS) is 15.1. The van der Waals surface area contributed by atoms with Crippen LogP contribution in [0.5, 0.6) is 5.75 Å². The van der Waals surface area contributed by atoms with Crippen molar-refractivity contribution < 1.29 is 9.57 Å². The number of hydrogen-bond donors (Lipinski definition) is 0. The maximum atomic E-state index is 5.54. The Bertz CT molecular complexity index is 388. The summed E-state index contributed by atoms with van der Waals surface area (Å²) in [5.74, 6) is 1.57. The van der Waals surface area contributed by atoms with E-state index in [1.165, 1.54) is 5.56 Å². The Hall–Kier alpha value is -1.22. The molecule has 0 spiro atoms. The largest absolute Gasteiger partial charge is 0.463 e. The first kappa shape index (κ1) is 12.2. The van der Waals surface area contributed by atoms with Crippen LogP contribution in [0.3, 0.4) is 0 Å². The van der Waals surface area contributed by atoms with Crippen molar-refractivity contribution in [3.8, 4) is 5.75 Å². The molecule has 3 nitrogen and oxygen atoms in total. The van der Waals surface area contributed by atoms with Gasteiger partial charge in [0.25, 0.3) is 0 Å². The van der Waals surface area contributed by atoms with E-state index in [1.54, 1.807) is 0 Å².